The van der Waals surface area contributed by atoms with Gasteiger partial charge < -0.3 is 40.5 Å². The van der Waals surface area contributed by atoms with Crippen LogP contribution in [0.2, 0.25) is 10.0 Å². The topological polar surface area (TPSA) is 249 Å². The number of hydrogen-bond donors (Lipinski definition) is 6. The molecule has 8 heterocycles. The standard InChI is InChI=1S/2C25H24ClF3N4O5S/c2*1-38-23(36)18-15(11-33-12-7-24(37,10-17(34)35)9-16(33)25(28,29)8-12)31-21(22-30-5-6-39-22)32-20(18)13-3-2-4-14(27)19(13)26/h2*2-6,12,16,20,37H,7-11H2,1H3,(H,31,32)(H,34,35)/t12?,16?,20-,24+;12?,16?,20-,24-/m00/s1. The molecule has 78 heavy (non-hydrogen) atoms. The van der Waals surface area contributed by atoms with E-state index in [0.717, 1.165) is 26.4 Å². The van der Waals surface area contributed by atoms with Crippen molar-refractivity contribution in [3.63, 3.8) is 0 Å². The van der Waals surface area contributed by atoms with Crippen molar-refractivity contribution in [3.8, 4) is 0 Å². The monoisotopic (exact) mass is 1170 g/mol. The molecule has 0 amide bonds. The van der Waals surface area contributed by atoms with E-state index in [-0.39, 0.29) is 81.3 Å². The van der Waals surface area contributed by atoms with Crippen LogP contribution in [0.25, 0.3) is 0 Å². The molecule has 6 N–H and O–H groups in total. The number of carboxylic acid groups (broad SMARTS) is 2. The Morgan fingerprint density at radius 2 is 1.04 bits per heavy atom. The van der Waals surface area contributed by atoms with E-state index in [4.69, 9.17) is 32.7 Å². The number of carbonyl (C=O) groups is 4. The minimum Gasteiger partial charge on any atom is -0.481 e. The zero-order valence-electron chi connectivity index (χ0n) is 41.1. The molecule has 0 saturated carbocycles. The zero-order valence-corrected chi connectivity index (χ0v) is 44.2. The molecule has 2 aromatic carbocycles. The van der Waals surface area contributed by atoms with Gasteiger partial charge in [0, 0.05) is 83.7 Å². The van der Waals surface area contributed by atoms with Crippen LogP contribution in [-0.4, -0.2) is 150 Å². The highest BCUT2D eigenvalue weighted by molar-refractivity contribution is 7.12. The normalized spacial score (nSPS) is 28.2. The number of halogens is 8. The highest BCUT2D eigenvalue weighted by atomic mass is 35.5. The molecule has 6 aliphatic heterocycles. The van der Waals surface area contributed by atoms with E-state index in [1.807, 2.05) is 0 Å². The number of esters is 2. The number of hydrogen-bond acceptors (Lipinski definition) is 18. The number of rotatable bonds is 14. The number of carbonyl (C=O) groups excluding carboxylic acids is 2. The zero-order chi connectivity index (χ0) is 56.2. The van der Waals surface area contributed by atoms with Gasteiger partial charge in [-0.15, -0.1) is 22.7 Å². The lowest BCUT2D eigenvalue weighted by molar-refractivity contribution is -0.149. The quantitative estimate of drug-likeness (QED) is 0.0546. The number of thiazole rings is 2. The van der Waals surface area contributed by atoms with Crippen LogP contribution in [0.4, 0.5) is 26.3 Å². The molecular weight excluding hydrogens is 1120 g/mol. The number of aliphatic hydroxyl groups is 2. The molecule has 4 aromatic rings. The summed E-state index contributed by atoms with van der Waals surface area (Å²) in [6.45, 7) is -0.404. The molecule has 0 spiro atoms. The fraction of sp³-hybridized carbons (Fsp3) is 0.440. The van der Waals surface area contributed by atoms with Crippen LogP contribution in [0.15, 0.2) is 92.1 Å². The van der Waals surface area contributed by atoms with Crippen LogP contribution in [0, 0.1) is 11.6 Å². The molecule has 4 unspecified atom stereocenters. The predicted molar refractivity (Wildman–Crippen MR) is 271 cm³/mol. The second-order valence-corrected chi connectivity index (χ2v) is 22.3. The lowest BCUT2D eigenvalue weighted by Crippen LogP contribution is -2.55. The van der Waals surface area contributed by atoms with Crippen molar-refractivity contribution in [2.75, 3.05) is 27.3 Å². The smallest absolute Gasteiger partial charge is 0.338 e. The first-order valence-electron chi connectivity index (χ1n) is 24.0. The molecular formula is C50H48Cl2F6N8O10S2. The molecule has 8 atom stereocenters. The highest BCUT2D eigenvalue weighted by Gasteiger charge is 2.63. The molecule has 416 valence electrons. The Kier molecular flexibility index (Phi) is 15.9. The Balaban J connectivity index is 0.000000190. The summed E-state index contributed by atoms with van der Waals surface area (Å²) in [4.78, 5) is 69.5. The summed E-state index contributed by atoms with van der Waals surface area (Å²) in [7, 11) is 2.31. The van der Waals surface area contributed by atoms with Crippen molar-refractivity contribution < 1.29 is 75.4 Å². The largest absolute Gasteiger partial charge is 0.481 e. The fourth-order valence-corrected chi connectivity index (χ4v) is 13.1. The minimum absolute atomic E-state index is 0.0422. The number of piperidine rings is 2. The first kappa shape index (κ1) is 56.7. The first-order chi connectivity index (χ1) is 36.8. The van der Waals surface area contributed by atoms with Crippen LogP contribution < -0.4 is 10.6 Å². The number of ether oxygens (including phenoxy) is 2. The van der Waals surface area contributed by atoms with E-state index in [0.29, 0.717) is 10.0 Å². The molecule has 0 aliphatic carbocycles. The van der Waals surface area contributed by atoms with Crippen molar-refractivity contribution in [1.82, 2.24) is 30.4 Å². The van der Waals surface area contributed by atoms with Crippen molar-refractivity contribution in [1.29, 1.82) is 0 Å². The second-order valence-electron chi connectivity index (χ2n) is 19.8. The predicted octanol–water partition coefficient (Wildman–Crippen LogP) is 7.06. The molecule has 4 fully saturated rings. The number of carboxylic acids is 2. The van der Waals surface area contributed by atoms with Gasteiger partial charge in [0.25, 0.3) is 11.8 Å². The Morgan fingerprint density at radius 1 is 0.654 bits per heavy atom. The van der Waals surface area contributed by atoms with Gasteiger partial charge in [-0.3, -0.25) is 29.4 Å². The van der Waals surface area contributed by atoms with Gasteiger partial charge in [-0.05, 0) is 37.8 Å². The third-order valence-electron chi connectivity index (χ3n) is 14.6. The number of aliphatic imine (C=N–C) groups is 2. The number of nitrogens with zero attached hydrogens (tertiary/aromatic N) is 6. The Bertz CT molecular complexity index is 2950. The maximum absolute atomic E-state index is 15.1. The van der Waals surface area contributed by atoms with Gasteiger partial charge in [-0.25, -0.2) is 45.9 Å². The van der Waals surface area contributed by atoms with Gasteiger partial charge in [0.1, 0.15) is 23.7 Å². The van der Waals surface area contributed by atoms with Crippen LogP contribution in [0.3, 0.4) is 0 Å². The second kappa shape index (κ2) is 21.9. The Labute approximate surface area is 458 Å². The van der Waals surface area contributed by atoms with E-state index >= 15 is 17.6 Å². The summed E-state index contributed by atoms with van der Waals surface area (Å²) in [5, 5.41) is 50.0. The third kappa shape index (κ3) is 11.3. The van der Waals surface area contributed by atoms with Gasteiger partial charge in [0.05, 0.1) is 71.5 Å². The van der Waals surface area contributed by atoms with Crippen LogP contribution in [0.5, 0.6) is 0 Å². The lowest BCUT2D eigenvalue weighted by atomic mass is 9.83. The number of nitrogens with one attached hydrogen (secondary N) is 2. The highest BCUT2D eigenvalue weighted by Crippen LogP contribution is 2.52. The van der Waals surface area contributed by atoms with Gasteiger partial charge in [0.2, 0.25) is 0 Å². The van der Waals surface area contributed by atoms with Crippen LogP contribution in [0.1, 0.15) is 84.6 Å². The van der Waals surface area contributed by atoms with E-state index in [9.17, 15) is 48.4 Å². The number of alkyl halides is 4. The lowest BCUT2D eigenvalue weighted by Gasteiger charge is -2.44. The van der Waals surface area contributed by atoms with E-state index in [2.05, 4.69) is 30.6 Å². The van der Waals surface area contributed by atoms with E-state index in [1.54, 1.807) is 23.2 Å². The molecule has 4 saturated heterocycles. The maximum atomic E-state index is 15.1. The van der Waals surface area contributed by atoms with Crippen LogP contribution >= 0.6 is 45.9 Å². The van der Waals surface area contributed by atoms with E-state index in [1.165, 1.54) is 56.7 Å². The summed E-state index contributed by atoms with van der Waals surface area (Å²) < 4.78 is 99.4. The summed E-state index contributed by atoms with van der Waals surface area (Å²) in [6.07, 6.45) is -0.660. The Morgan fingerprint density at radius 3 is 1.36 bits per heavy atom. The number of aliphatic carboxylic acids is 2. The minimum atomic E-state index is -3.20. The fourth-order valence-electron chi connectivity index (χ4n) is 11.5. The molecule has 4 bridgehead atoms. The number of benzene rings is 2. The third-order valence-corrected chi connectivity index (χ3v) is 17.0. The van der Waals surface area contributed by atoms with Gasteiger partial charge in [-0.2, -0.15) is 0 Å². The summed E-state index contributed by atoms with van der Waals surface area (Å²) in [5.41, 5.74) is -2.95. The molecule has 2 aromatic heterocycles. The summed E-state index contributed by atoms with van der Waals surface area (Å²) >= 11 is 15.0. The first-order valence-corrected chi connectivity index (χ1v) is 26.5. The van der Waals surface area contributed by atoms with Crippen LogP contribution in [-0.2, 0) is 28.7 Å². The Hall–Kier alpha value is -6.00. The summed E-state index contributed by atoms with van der Waals surface area (Å²) in [5.74, 6) is -11.6. The molecule has 10 rings (SSSR count). The van der Waals surface area contributed by atoms with Gasteiger partial charge in [-0.1, -0.05) is 47.5 Å². The van der Waals surface area contributed by atoms with E-state index < -0.39 is 133 Å². The molecule has 0 radical (unpaired) electrons. The van der Waals surface area contributed by atoms with Gasteiger partial charge >= 0.3 is 23.9 Å². The molecule has 18 nitrogen and oxygen atoms in total. The summed E-state index contributed by atoms with van der Waals surface area (Å²) in [6, 6.07) is 1.21. The van der Waals surface area contributed by atoms with Gasteiger partial charge in [0.15, 0.2) is 21.7 Å². The average molecular weight is 1170 g/mol. The van der Waals surface area contributed by atoms with Crippen molar-refractivity contribution in [3.05, 3.63) is 125 Å². The number of aromatic nitrogens is 2. The van der Waals surface area contributed by atoms with Crippen molar-refractivity contribution in [2.24, 2.45) is 9.98 Å². The van der Waals surface area contributed by atoms with Crippen molar-refractivity contribution >= 4 is 81.4 Å². The number of amidine groups is 2. The number of fused-ring (bicyclic) bond motifs is 4. The van der Waals surface area contributed by atoms with Crippen molar-refractivity contribution in [2.45, 2.75) is 111 Å². The number of methoxy groups -OCH3 is 2. The average Bonchev–Trinajstić information content (AvgIpc) is 4.27. The molecule has 6 aliphatic rings. The SMILES string of the molecule is COC(=O)C1=C(CN2C3CC(F)(F)C2C[C@@](O)(CC(=O)O)C3)NC(c2nccs2)=N[C@H]1c1cccc(F)c1Cl.COC(=O)C1=C(CN2C3CC(F)(F)C2C[C@](O)(CC(=O)O)C3)NC(c2nccs2)=N[C@H]1c1cccc(F)c1Cl. The molecule has 28 heteroatoms. The maximum Gasteiger partial charge on any atom is 0.338 e.